The number of hydrogen-bond donors (Lipinski definition) is 2. The van der Waals surface area contributed by atoms with E-state index in [4.69, 9.17) is 0 Å². The smallest absolute Gasteiger partial charge is 0.177 e. The van der Waals surface area contributed by atoms with Crippen LogP contribution in [0.3, 0.4) is 0 Å². The summed E-state index contributed by atoms with van der Waals surface area (Å²) in [6.45, 7) is 2.51. The normalized spacial score (nSPS) is 16.0. The Morgan fingerprint density at radius 3 is 0.702 bits per heavy atom. The zero-order valence-electron chi connectivity index (χ0n) is 41.7. The van der Waals surface area contributed by atoms with Crippen molar-refractivity contribution in [3.63, 3.8) is 0 Å². The van der Waals surface area contributed by atoms with E-state index in [1.165, 1.54) is 11.1 Å². The summed E-state index contributed by atoms with van der Waals surface area (Å²) in [5.41, 5.74) is 9.84. The van der Waals surface area contributed by atoms with Crippen molar-refractivity contribution in [2.45, 2.75) is 26.2 Å². The SMILES string of the molecule is F[P-](F)(F)(F)(F)F.F[P-](F)(F)(F)(F)F.F[P-](F)(F)(F)(F)F.F[P-](F)(F)(F)(F)F.Oc1c2cc3ccccc3c1-c1c(O)c(cc3ccccc13)C[n+]1ccc(cc1)-c1cc[n+](cc1)Cc1ccc(cc1)C[n+]1ccc(cc1)-c1cc[n+](cc1)C2. The number of nitrogens with zero attached hydrogens (tertiary/aromatic N) is 4. The third-order valence-electron chi connectivity index (χ3n) is 11.1. The van der Waals surface area contributed by atoms with E-state index in [-0.39, 0.29) is 11.5 Å². The largest absolute Gasteiger partial charge is 0.507 e. The van der Waals surface area contributed by atoms with E-state index in [9.17, 15) is 111 Å². The second kappa shape index (κ2) is 19.7. The topological polar surface area (TPSA) is 56.0 Å². The van der Waals surface area contributed by atoms with Crippen LogP contribution in [0.2, 0.25) is 0 Å². The molecule has 9 aromatic rings. The number of fused-ring (bicyclic) bond motifs is 3. The molecule has 4 aromatic heterocycles. The van der Waals surface area contributed by atoms with Crippen LogP contribution in [-0.4, -0.2) is 10.2 Å². The maximum Gasteiger partial charge on any atom is 0.177 e. The summed E-state index contributed by atoms with van der Waals surface area (Å²) in [6.07, 6.45) is 16.8. The van der Waals surface area contributed by atoms with Crippen LogP contribution in [0.1, 0.15) is 22.3 Å². The Morgan fingerprint density at radius 1 is 0.274 bits per heavy atom. The van der Waals surface area contributed by atoms with Gasteiger partial charge in [-0.3, -0.25) is 0 Å². The number of aromatic nitrogens is 4. The van der Waals surface area contributed by atoms with Crippen LogP contribution in [0, 0.1) is 0 Å². The maximum absolute atomic E-state index is 12.3. The molecular formula is C50H40F24N4O2P4. The van der Waals surface area contributed by atoms with Gasteiger partial charge in [-0.1, -0.05) is 72.8 Å². The van der Waals surface area contributed by atoms with Crippen LogP contribution in [0.15, 0.2) is 183 Å². The van der Waals surface area contributed by atoms with Crippen LogP contribution in [0.4, 0.5) is 101 Å². The van der Waals surface area contributed by atoms with Gasteiger partial charge in [0.25, 0.3) is 0 Å². The number of halogens is 24. The summed E-state index contributed by atoms with van der Waals surface area (Å²) in [5.74, 6) is 0.335. The molecule has 0 unspecified atom stereocenters. The van der Waals surface area contributed by atoms with Crippen molar-refractivity contribution in [2.75, 3.05) is 0 Å². The fourth-order valence-electron chi connectivity index (χ4n) is 8.12. The Bertz CT molecular complexity index is 3540. The monoisotopic (exact) mass is 1310 g/mol. The van der Waals surface area contributed by atoms with Crippen molar-refractivity contribution < 1.29 is 129 Å². The van der Waals surface area contributed by atoms with Gasteiger partial charge in [-0.2, -0.15) is 0 Å². The molecule has 0 saturated heterocycles. The molecule has 0 amide bonds. The van der Waals surface area contributed by atoms with Gasteiger partial charge in [-0.15, -0.1) is 0 Å². The number of aromatic hydroxyl groups is 2. The molecule has 14 bridgehead atoms. The first-order valence-electron chi connectivity index (χ1n) is 23.1. The van der Waals surface area contributed by atoms with E-state index in [0.29, 0.717) is 24.2 Å². The Hall–Kier alpha value is -7.14. The number of hydrogen-bond acceptors (Lipinski definition) is 2. The molecule has 84 heavy (non-hydrogen) atoms. The predicted octanol–water partition coefficient (Wildman–Crippen LogP) is 21.6. The van der Waals surface area contributed by atoms with Gasteiger partial charge in [-0.05, 0) is 55.9 Å². The van der Waals surface area contributed by atoms with Crippen molar-refractivity contribution in [3.05, 3.63) is 205 Å². The molecule has 17 rings (SSSR count). The van der Waals surface area contributed by atoms with Crippen molar-refractivity contribution in [2.24, 2.45) is 0 Å². The van der Waals surface area contributed by atoms with E-state index >= 15 is 0 Å². The molecule has 6 nitrogen and oxygen atoms in total. The third-order valence-corrected chi connectivity index (χ3v) is 11.1. The van der Waals surface area contributed by atoms with Crippen molar-refractivity contribution >= 4 is 52.8 Å². The number of phenolic OH excluding ortho intramolecular Hbond substituents is 2. The summed E-state index contributed by atoms with van der Waals surface area (Å²) in [5, 5.41) is 28.3. The number of benzene rings is 5. The Balaban J connectivity index is 0.000000335. The average molecular weight is 1310 g/mol. The van der Waals surface area contributed by atoms with Crippen LogP contribution in [0.5, 0.6) is 11.5 Å². The first-order valence-corrected chi connectivity index (χ1v) is 31.2. The summed E-state index contributed by atoms with van der Waals surface area (Å²) in [7, 11) is -42.6. The van der Waals surface area contributed by atoms with E-state index in [1.807, 2.05) is 36.4 Å². The standard InChI is InChI=1S/C50H38N4O2.4F6P/c55-49-43-29-41-5-1-3-7-45(41)47(49)48-46-8-4-2-6-42(46)30-44(50(48)56)34-54-27-19-40(20-28-54)38-15-23-52(24-16-38)32-36-11-9-35(10-12-36)31-51-21-13-37(14-22-51)39-17-25-53(33-43)26-18-39;4*1-7(2,3,4,5)6/h1-30H,31-34H2;;;;/q+2;4*-1/p+2. The van der Waals surface area contributed by atoms with Crippen molar-refractivity contribution in [1.82, 2.24) is 0 Å². The molecule has 0 fully saturated rings. The van der Waals surface area contributed by atoms with E-state index in [1.54, 1.807) is 0 Å². The maximum atomic E-state index is 12.3. The van der Waals surface area contributed by atoms with Gasteiger partial charge in [0.15, 0.2) is 75.8 Å². The Kier molecular flexibility index (Phi) is 15.5. The van der Waals surface area contributed by atoms with Crippen molar-refractivity contribution in [3.8, 4) is 44.9 Å². The fraction of sp³-hybridized carbons (Fsp3) is 0.0800. The molecular weight excluding hydrogens is 1270 g/mol. The van der Waals surface area contributed by atoms with Gasteiger partial charge in [0.1, 0.15) is 11.5 Å². The van der Waals surface area contributed by atoms with Gasteiger partial charge in [0, 0.05) is 70.8 Å². The molecule has 0 atom stereocenters. The molecule has 0 aliphatic carbocycles. The van der Waals surface area contributed by atoms with Crippen LogP contribution in [-0.2, 0) is 26.2 Å². The van der Waals surface area contributed by atoms with E-state index in [0.717, 1.165) is 68.0 Å². The van der Waals surface area contributed by atoms with Gasteiger partial charge < -0.3 is 10.2 Å². The van der Waals surface area contributed by atoms with Crippen molar-refractivity contribution in [1.29, 1.82) is 0 Å². The molecule has 0 spiro atoms. The summed E-state index contributed by atoms with van der Waals surface area (Å²) in [6, 6.07) is 46.3. The second-order valence-electron chi connectivity index (χ2n) is 18.6. The minimum Gasteiger partial charge on any atom is -0.507 e. The molecule has 34 heteroatoms. The Labute approximate surface area is 457 Å². The number of pyridine rings is 4. The number of rotatable bonds is 0. The molecule has 0 radical (unpaired) electrons. The molecule has 2 N–H and O–H groups in total. The molecule has 8 aliphatic rings. The van der Waals surface area contributed by atoms with Crippen LogP contribution < -0.4 is 18.3 Å². The number of phenols is 2. The van der Waals surface area contributed by atoms with Gasteiger partial charge in [0.05, 0.1) is 11.1 Å². The van der Waals surface area contributed by atoms with Gasteiger partial charge in [0.2, 0.25) is 0 Å². The minimum atomic E-state index is -10.7. The summed E-state index contributed by atoms with van der Waals surface area (Å²) >= 11 is 0. The first-order chi connectivity index (χ1) is 37.3. The first kappa shape index (κ1) is 66.0. The van der Waals surface area contributed by atoms with E-state index in [2.05, 4.69) is 165 Å². The molecule has 0 saturated carbocycles. The second-order valence-corrected chi connectivity index (χ2v) is 26.3. The molecule has 8 aliphatic heterocycles. The van der Waals surface area contributed by atoms with Crippen LogP contribution in [0.25, 0.3) is 54.9 Å². The predicted molar refractivity (Wildman–Crippen MR) is 272 cm³/mol. The van der Waals surface area contributed by atoms with Gasteiger partial charge in [-0.25, -0.2) is 18.3 Å². The molecule has 5 aromatic carbocycles. The molecule has 460 valence electrons. The quantitative estimate of drug-likeness (QED) is 0.0903. The zero-order chi connectivity index (χ0) is 63.2. The zero-order valence-corrected chi connectivity index (χ0v) is 45.3. The average Bonchev–Trinajstić information content (AvgIpc) is 1.97. The molecule has 12 heterocycles. The van der Waals surface area contributed by atoms with Gasteiger partial charge >= 0.3 is 132 Å². The van der Waals surface area contributed by atoms with E-state index < -0.39 is 31.2 Å². The fourth-order valence-corrected chi connectivity index (χ4v) is 8.12. The Morgan fingerprint density at radius 2 is 0.476 bits per heavy atom. The summed E-state index contributed by atoms with van der Waals surface area (Å²) in [4.78, 5) is 0. The summed E-state index contributed by atoms with van der Waals surface area (Å²) < 4.78 is 245. The van der Waals surface area contributed by atoms with Crippen LogP contribution >= 0.6 is 31.2 Å². The minimum absolute atomic E-state index is 0.168. The third kappa shape index (κ3) is 26.2.